The Labute approximate surface area is 145 Å². The Morgan fingerprint density at radius 1 is 1.04 bits per heavy atom. The Bertz CT molecular complexity index is 538. The van der Waals surface area contributed by atoms with E-state index < -0.39 is 0 Å². The zero-order valence-corrected chi connectivity index (χ0v) is 14.5. The molecular weight excluding hydrogens is 298 g/mol. The molecule has 0 aromatic carbocycles. The number of piperazine rings is 1. The van der Waals surface area contributed by atoms with Crippen LogP contribution >= 0.6 is 0 Å². The van der Waals surface area contributed by atoms with Gasteiger partial charge in [-0.1, -0.05) is 12.2 Å². The molecule has 0 radical (unpaired) electrons. The summed E-state index contributed by atoms with van der Waals surface area (Å²) in [4.78, 5) is 13.6. The maximum absolute atomic E-state index is 4.35. The molecular formula is C19H29N5. The highest BCUT2D eigenvalue weighted by Gasteiger charge is 2.34. The third kappa shape index (κ3) is 3.78. The fourth-order valence-electron chi connectivity index (χ4n) is 4.47. The van der Waals surface area contributed by atoms with Crippen molar-refractivity contribution in [3.63, 3.8) is 0 Å². The summed E-state index contributed by atoms with van der Waals surface area (Å²) >= 11 is 0. The van der Waals surface area contributed by atoms with Crippen LogP contribution in [0.1, 0.15) is 19.3 Å². The van der Waals surface area contributed by atoms with E-state index in [-0.39, 0.29) is 0 Å². The SMILES string of the molecule is C1=CC2CC1CC2CNCCCN1CCN(c2ncccn2)CC1. The standard InChI is InChI=1S/C19H29N5/c1-6-21-19(22-7-1)24-11-9-23(10-12-24)8-2-5-20-15-18-14-16-3-4-17(18)13-16/h1,3-4,6-7,16-18,20H,2,5,8-15H2. The third-order valence-electron chi connectivity index (χ3n) is 5.86. The Kier molecular flexibility index (Phi) is 5.09. The molecule has 1 saturated heterocycles. The van der Waals surface area contributed by atoms with Crippen molar-refractivity contribution in [2.24, 2.45) is 17.8 Å². The molecule has 0 amide bonds. The Morgan fingerprint density at radius 3 is 2.58 bits per heavy atom. The predicted octanol–water partition coefficient (Wildman–Crippen LogP) is 1.79. The maximum Gasteiger partial charge on any atom is 0.225 e. The monoisotopic (exact) mass is 327 g/mol. The number of anilines is 1. The van der Waals surface area contributed by atoms with E-state index in [2.05, 4.69) is 37.2 Å². The van der Waals surface area contributed by atoms with Crippen LogP contribution < -0.4 is 10.2 Å². The fourth-order valence-corrected chi connectivity index (χ4v) is 4.47. The van der Waals surface area contributed by atoms with E-state index in [1.165, 1.54) is 32.4 Å². The molecule has 3 unspecified atom stereocenters. The first-order valence-electron chi connectivity index (χ1n) is 9.52. The lowest BCUT2D eigenvalue weighted by molar-refractivity contribution is 0.251. The highest BCUT2D eigenvalue weighted by Crippen LogP contribution is 2.42. The summed E-state index contributed by atoms with van der Waals surface area (Å²) < 4.78 is 0. The number of nitrogens with one attached hydrogen (secondary N) is 1. The Balaban J connectivity index is 1.09. The lowest BCUT2D eigenvalue weighted by Gasteiger charge is -2.34. The Morgan fingerprint density at radius 2 is 1.88 bits per heavy atom. The summed E-state index contributed by atoms with van der Waals surface area (Å²) in [5.74, 6) is 3.54. The fraction of sp³-hybridized carbons (Fsp3) is 0.684. The first kappa shape index (κ1) is 16.0. The molecule has 5 heteroatoms. The molecule has 3 aliphatic rings. The minimum atomic E-state index is 0.871. The van der Waals surface area contributed by atoms with Gasteiger partial charge in [-0.25, -0.2) is 9.97 Å². The van der Waals surface area contributed by atoms with E-state index >= 15 is 0 Å². The number of aromatic nitrogens is 2. The van der Waals surface area contributed by atoms with Crippen molar-refractivity contribution in [3.05, 3.63) is 30.6 Å². The number of hydrogen-bond donors (Lipinski definition) is 1. The molecule has 24 heavy (non-hydrogen) atoms. The van der Waals surface area contributed by atoms with Gasteiger partial charge in [0.1, 0.15) is 0 Å². The zero-order chi connectivity index (χ0) is 16.2. The highest BCUT2D eigenvalue weighted by molar-refractivity contribution is 5.29. The van der Waals surface area contributed by atoms with Crippen molar-refractivity contribution in [1.82, 2.24) is 20.2 Å². The van der Waals surface area contributed by atoms with E-state index in [1.54, 1.807) is 0 Å². The molecule has 5 nitrogen and oxygen atoms in total. The second-order valence-electron chi connectivity index (χ2n) is 7.48. The van der Waals surface area contributed by atoms with Gasteiger partial charge in [0.05, 0.1) is 0 Å². The van der Waals surface area contributed by atoms with Crippen molar-refractivity contribution < 1.29 is 0 Å². The van der Waals surface area contributed by atoms with Gasteiger partial charge in [-0.2, -0.15) is 0 Å². The summed E-state index contributed by atoms with van der Waals surface area (Å²) in [5.41, 5.74) is 0. The van der Waals surface area contributed by atoms with Gasteiger partial charge in [0.25, 0.3) is 0 Å². The predicted molar refractivity (Wildman–Crippen MR) is 97.0 cm³/mol. The van der Waals surface area contributed by atoms with Crippen LogP contribution in [-0.4, -0.2) is 60.7 Å². The summed E-state index contributed by atoms with van der Waals surface area (Å²) in [6.07, 6.45) is 12.6. The average molecular weight is 327 g/mol. The van der Waals surface area contributed by atoms with Crippen molar-refractivity contribution in [1.29, 1.82) is 0 Å². The molecule has 1 aromatic rings. The lowest BCUT2D eigenvalue weighted by Crippen LogP contribution is -2.47. The largest absolute Gasteiger partial charge is 0.338 e. The van der Waals surface area contributed by atoms with Gasteiger partial charge in [0, 0.05) is 38.6 Å². The minimum Gasteiger partial charge on any atom is -0.338 e. The summed E-state index contributed by atoms with van der Waals surface area (Å²) in [5, 5.41) is 3.70. The van der Waals surface area contributed by atoms with Gasteiger partial charge < -0.3 is 10.2 Å². The van der Waals surface area contributed by atoms with Crippen LogP contribution in [0.3, 0.4) is 0 Å². The number of hydrogen-bond acceptors (Lipinski definition) is 5. The van der Waals surface area contributed by atoms with E-state index in [0.717, 1.165) is 56.4 Å². The van der Waals surface area contributed by atoms with Gasteiger partial charge in [0.15, 0.2) is 0 Å². The zero-order valence-electron chi connectivity index (χ0n) is 14.5. The van der Waals surface area contributed by atoms with Crippen LogP contribution in [0.2, 0.25) is 0 Å². The second-order valence-corrected chi connectivity index (χ2v) is 7.48. The number of allylic oxidation sites excluding steroid dienone is 2. The van der Waals surface area contributed by atoms with Crippen molar-refractivity contribution in [2.75, 3.05) is 50.7 Å². The molecule has 1 aliphatic heterocycles. The molecule has 1 aromatic heterocycles. The number of fused-ring (bicyclic) bond motifs is 2. The Hall–Kier alpha value is -1.46. The summed E-state index contributed by atoms with van der Waals surface area (Å²) in [7, 11) is 0. The van der Waals surface area contributed by atoms with Crippen molar-refractivity contribution in [2.45, 2.75) is 19.3 Å². The van der Waals surface area contributed by atoms with E-state index in [0.29, 0.717) is 0 Å². The van der Waals surface area contributed by atoms with Gasteiger partial charge in [-0.3, -0.25) is 4.90 Å². The first-order chi connectivity index (χ1) is 11.9. The van der Waals surface area contributed by atoms with E-state index in [9.17, 15) is 0 Å². The summed E-state index contributed by atoms with van der Waals surface area (Å²) in [6, 6.07) is 1.87. The summed E-state index contributed by atoms with van der Waals surface area (Å²) in [6.45, 7) is 7.88. The van der Waals surface area contributed by atoms with Crippen LogP contribution in [-0.2, 0) is 0 Å². The van der Waals surface area contributed by atoms with Crippen LogP contribution in [0.5, 0.6) is 0 Å². The van der Waals surface area contributed by atoms with Crippen LogP contribution in [0.4, 0.5) is 5.95 Å². The van der Waals surface area contributed by atoms with E-state index in [4.69, 9.17) is 0 Å². The molecule has 1 N–H and O–H groups in total. The molecule has 2 heterocycles. The molecule has 1 saturated carbocycles. The van der Waals surface area contributed by atoms with Crippen LogP contribution in [0, 0.1) is 17.8 Å². The van der Waals surface area contributed by atoms with Gasteiger partial charge in [0.2, 0.25) is 5.95 Å². The molecule has 0 spiro atoms. The molecule has 2 bridgehead atoms. The molecule has 2 fully saturated rings. The van der Waals surface area contributed by atoms with Gasteiger partial charge >= 0.3 is 0 Å². The third-order valence-corrected chi connectivity index (χ3v) is 5.86. The minimum absolute atomic E-state index is 0.871. The molecule has 4 rings (SSSR count). The topological polar surface area (TPSA) is 44.3 Å². The number of nitrogens with zero attached hydrogens (tertiary/aromatic N) is 4. The van der Waals surface area contributed by atoms with Gasteiger partial charge in [-0.15, -0.1) is 0 Å². The molecule has 3 atom stereocenters. The normalized spacial score (nSPS) is 29.5. The van der Waals surface area contributed by atoms with Crippen molar-refractivity contribution in [3.8, 4) is 0 Å². The maximum atomic E-state index is 4.35. The molecule has 2 aliphatic carbocycles. The lowest BCUT2D eigenvalue weighted by atomic mass is 9.94. The van der Waals surface area contributed by atoms with Crippen LogP contribution in [0.15, 0.2) is 30.6 Å². The van der Waals surface area contributed by atoms with Crippen molar-refractivity contribution >= 4 is 5.95 Å². The van der Waals surface area contributed by atoms with Crippen LogP contribution in [0.25, 0.3) is 0 Å². The smallest absolute Gasteiger partial charge is 0.225 e. The second kappa shape index (κ2) is 7.62. The molecule has 130 valence electrons. The average Bonchev–Trinajstić information content (AvgIpc) is 3.26. The van der Waals surface area contributed by atoms with E-state index in [1.807, 2.05) is 18.5 Å². The highest BCUT2D eigenvalue weighted by atomic mass is 15.3. The first-order valence-corrected chi connectivity index (χ1v) is 9.52. The van der Waals surface area contributed by atoms with Gasteiger partial charge in [-0.05, 0) is 62.7 Å². The number of rotatable bonds is 7. The quantitative estimate of drug-likeness (QED) is 0.611.